The van der Waals surface area contributed by atoms with E-state index in [1.165, 1.54) is 18.2 Å². The van der Waals surface area contributed by atoms with Crippen LogP contribution in [0.4, 0.5) is 16.2 Å². The summed E-state index contributed by atoms with van der Waals surface area (Å²) in [4.78, 5) is 50.6. The minimum Gasteiger partial charge on any atom is -0.482 e. The van der Waals surface area contributed by atoms with E-state index in [0.29, 0.717) is 16.9 Å². The first-order chi connectivity index (χ1) is 16.8. The molecule has 0 atom stereocenters. The summed E-state index contributed by atoms with van der Waals surface area (Å²) in [6.07, 6.45) is 1.33. The van der Waals surface area contributed by atoms with Crippen molar-refractivity contribution in [2.75, 3.05) is 16.8 Å². The Morgan fingerprint density at radius 3 is 2.43 bits per heavy atom. The van der Waals surface area contributed by atoms with Gasteiger partial charge >= 0.3 is 6.03 Å². The normalized spacial score (nSPS) is 14.6. The number of amides is 5. The van der Waals surface area contributed by atoms with Crippen LogP contribution in [-0.4, -0.2) is 30.4 Å². The van der Waals surface area contributed by atoms with Crippen molar-refractivity contribution in [2.45, 2.75) is 6.92 Å². The molecule has 0 aliphatic carbocycles. The summed E-state index contributed by atoms with van der Waals surface area (Å²) in [5.41, 5.74) is 2.27. The molecule has 0 bridgehead atoms. The SMILES string of the molecule is Cc1ccc(NC(=O)COc2ccc(/C=C3\C(=O)NC(=O)N(c4ccccc4)C3=O)cc2Cl)cc1. The summed E-state index contributed by atoms with van der Waals surface area (Å²) in [5.74, 6) is -1.66. The lowest BCUT2D eigenvalue weighted by molar-refractivity contribution is -0.122. The predicted octanol–water partition coefficient (Wildman–Crippen LogP) is 4.33. The number of aryl methyl sites for hydroxylation is 1. The smallest absolute Gasteiger partial charge is 0.335 e. The number of ether oxygens (including phenoxy) is 1. The molecule has 5 amide bonds. The predicted molar refractivity (Wildman–Crippen MR) is 132 cm³/mol. The number of halogens is 1. The lowest BCUT2D eigenvalue weighted by Gasteiger charge is -2.26. The first-order valence-electron chi connectivity index (χ1n) is 10.6. The van der Waals surface area contributed by atoms with Crippen LogP contribution in [0.1, 0.15) is 11.1 Å². The van der Waals surface area contributed by atoms with Gasteiger partial charge in [-0.05, 0) is 55.0 Å². The van der Waals surface area contributed by atoms with E-state index < -0.39 is 17.8 Å². The van der Waals surface area contributed by atoms with E-state index in [4.69, 9.17) is 16.3 Å². The van der Waals surface area contributed by atoms with E-state index in [1.807, 2.05) is 19.1 Å². The minimum absolute atomic E-state index is 0.183. The number of carbonyl (C=O) groups excluding carboxylic acids is 4. The molecule has 2 N–H and O–H groups in total. The van der Waals surface area contributed by atoms with Crippen molar-refractivity contribution < 1.29 is 23.9 Å². The third-order valence-corrected chi connectivity index (χ3v) is 5.37. The zero-order valence-electron chi connectivity index (χ0n) is 18.6. The highest BCUT2D eigenvalue weighted by Crippen LogP contribution is 2.28. The Balaban J connectivity index is 1.46. The molecule has 35 heavy (non-hydrogen) atoms. The van der Waals surface area contributed by atoms with E-state index in [1.54, 1.807) is 48.5 Å². The minimum atomic E-state index is -0.825. The maximum Gasteiger partial charge on any atom is 0.335 e. The number of barbiturate groups is 1. The molecule has 1 fully saturated rings. The molecule has 0 unspecified atom stereocenters. The molecule has 1 heterocycles. The average molecular weight is 490 g/mol. The lowest BCUT2D eigenvalue weighted by atomic mass is 10.1. The Hall–Kier alpha value is -4.43. The Morgan fingerprint density at radius 2 is 1.74 bits per heavy atom. The molecule has 8 nitrogen and oxygen atoms in total. The maximum atomic E-state index is 12.9. The summed E-state index contributed by atoms with van der Waals surface area (Å²) < 4.78 is 5.51. The van der Waals surface area contributed by atoms with Crippen LogP contribution in [0.25, 0.3) is 6.08 Å². The Labute approximate surface area is 206 Å². The monoisotopic (exact) mass is 489 g/mol. The standard InChI is InChI=1S/C26H20ClN3O5/c1-16-7-10-18(11-8-16)28-23(31)15-35-22-12-9-17(14-21(22)27)13-20-24(32)29-26(34)30(25(20)33)19-5-3-2-4-6-19/h2-14H,15H2,1H3,(H,28,31)(H,29,32,34)/b20-13+. The molecular formula is C26H20ClN3O5. The molecule has 3 aromatic carbocycles. The summed E-state index contributed by atoms with van der Waals surface area (Å²) in [7, 11) is 0. The second-order valence-electron chi connectivity index (χ2n) is 7.69. The number of urea groups is 1. The third kappa shape index (κ3) is 5.56. The molecular weight excluding hydrogens is 470 g/mol. The van der Waals surface area contributed by atoms with Crippen LogP contribution in [-0.2, 0) is 14.4 Å². The molecule has 9 heteroatoms. The average Bonchev–Trinajstić information content (AvgIpc) is 2.83. The van der Waals surface area contributed by atoms with E-state index >= 15 is 0 Å². The Kier molecular flexibility index (Phi) is 6.93. The fourth-order valence-corrected chi connectivity index (χ4v) is 3.58. The number of imide groups is 2. The first kappa shape index (κ1) is 23.7. The Morgan fingerprint density at radius 1 is 1.03 bits per heavy atom. The van der Waals surface area contributed by atoms with Crippen LogP contribution in [0, 0.1) is 6.92 Å². The van der Waals surface area contributed by atoms with Crippen molar-refractivity contribution in [3.05, 3.63) is 94.5 Å². The molecule has 0 radical (unpaired) electrons. The van der Waals surface area contributed by atoms with Gasteiger partial charge < -0.3 is 10.1 Å². The van der Waals surface area contributed by atoms with E-state index in [-0.39, 0.29) is 28.9 Å². The zero-order chi connectivity index (χ0) is 24.9. The van der Waals surface area contributed by atoms with Crippen molar-refractivity contribution >= 4 is 52.8 Å². The van der Waals surface area contributed by atoms with Gasteiger partial charge in [-0.3, -0.25) is 19.7 Å². The van der Waals surface area contributed by atoms with Crippen LogP contribution in [0.3, 0.4) is 0 Å². The molecule has 1 aliphatic rings. The first-order valence-corrected chi connectivity index (χ1v) is 10.9. The number of anilines is 2. The highest BCUT2D eigenvalue weighted by atomic mass is 35.5. The van der Waals surface area contributed by atoms with Gasteiger partial charge in [0.25, 0.3) is 17.7 Å². The highest BCUT2D eigenvalue weighted by Gasteiger charge is 2.36. The van der Waals surface area contributed by atoms with Gasteiger partial charge in [-0.25, -0.2) is 9.69 Å². The molecule has 0 saturated carbocycles. The molecule has 0 aromatic heterocycles. The van der Waals surface area contributed by atoms with Crippen molar-refractivity contribution in [3.63, 3.8) is 0 Å². The zero-order valence-corrected chi connectivity index (χ0v) is 19.3. The molecule has 4 rings (SSSR count). The molecule has 176 valence electrons. The third-order valence-electron chi connectivity index (χ3n) is 5.08. The summed E-state index contributed by atoms with van der Waals surface area (Å²) >= 11 is 6.29. The summed E-state index contributed by atoms with van der Waals surface area (Å²) in [6.45, 7) is 1.69. The van der Waals surface area contributed by atoms with E-state index in [9.17, 15) is 19.2 Å². The number of nitrogens with one attached hydrogen (secondary N) is 2. The van der Waals surface area contributed by atoms with Gasteiger partial charge in [-0.1, -0.05) is 53.6 Å². The van der Waals surface area contributed by atoms with Crippen LogP contribution in [0.15, 0.2) is 78.4 Å². The number of hydrogen-bond acceptors (Lipinski definition) is 5. The number of para-hydroxylation sites is 1. The number of rotatable bonds is 6. The number of nitrogens with zero attached hydrogens (tertiary/aromatic N) is 1. The van der Waals surface area contributed by atoms with Crippen molar-refractivity contribution in [1.29, 1.82) is 0 Å². The van der Waals surface area contributed by atoms with Gasteiger partial charge in [0, 0.05) is 5.69 Å². The van der Waals surface area contributed by atoms with Crippen LogP contribution in [0.2, 0.25) is 5.02 Å². The molecule has 0 spiro atoms. The van der Waals surface area contributed by atoms with E-state index in [0.717, 1.165) is 10.5 Å². The van der Waals surface area contributed by atoms with Crippen molar-refractivity contribution in [3.8, 4) is 5.75 Å². The number of benzene rings is 3. The van der Waals surface area contributed by atoms with Gasteiger partial charge in [-0.15, -0.1) is 0 Å². The maximum absolute atomic E-state index is 12.9. The van der Waals surface area contributed by atoms with Gasteiger partial charge in [0.2, 0.25) is 0 Å². The van der Waals surface area contributed by atoms with Crippen LogP contribution in [0.5, 0.6) is 5.75 Å². The topological polar surface area (TPSA) is 105 Å². The molecule has 3 aromatic rings. The van der Waals surface area contributed by atoms with Gasteiger partial charge in [0.05, 0.1) is 10.7 Å². The van der Waals surface area contributed by atoms with Crippen LogP contribution >= 0.6 is 11.6 Å². The molecule has 1 aliphatic heterocycles. The van der Waals surface area contributed by atoms with Crippen molar-refractivity contribution in [1.82, 2.24) is 5.32 Å². The van der Waals surface area contributed by atoms with Gasteiger partial charge in [0.1, 0.15) is 11.3 Å². The molecule has 1 saturated heterocycles. The van der Waals surface area contributed by atoms with Gasteiger partial charge in [0.15, 0.2) is 6.61 Å². The fourth-order valence-electron chi connectivity index (χ4n) is 3.34. The van der Waals surface area contributed by atoms with E-state index in [2.05, 4.69) is 10.6 Å². The highest BCUT2D eigenvalue weighted by molar-refractivity contribution is 6.39. The van der Waals surface area contributed by atoms with Crippen molar-refractivity contribution in [2.24, 2.45) is 0 Å². The second kappa shape index (κ2) is 10.2. The summed E-state index contributed by atoms with van der Waals surface area (Å²) in [6, 6.07) is 19.4. The summed E-state index contributed by atoms with van der Waals surface area (Å²) in [5, 5.41) is 5.07. The second-order valence-corrected chi connectivity index (χ2v) is 8.09. The van der Waals surface area contributed by atoms with Crippen LogP contribution < -0.4 is 20.3 Å². The largest absolute Gasteiger partial charge is 0.482 e. The quantitative estimate of drug-likeness (QED) is 0.396. The van der Waals surface area contributed by atoms with Gasteiger partial charge in [-0.2, -0.15) is 0 Å². The fraction of sp³-hybridized carbons (Fsp3) is 0.0769. The Bertz CT molecular complexity index is 1340. The lowest BCUT2D eigenvalue weighted by Crippen LogP contribution is -2.54. The number of carbonyl (C=O) groups is 4. The number of hydrogen-bond donors (Lipinski definition) is 2.